The molecule has 2 rings (SSSR count). The molecule has 0 aromatic heterocycles. The summed E-state index contributed by atoms with van der Waals surface area (Å²) in [6.07, 6.45) is 8.53. The molecule has 3 unspecified atom stereocenters. The van der Waals surface area contributed by atoms with Gasteiger partial charge in [-0.25, -0.2) is 0 Å². The smallest absolute Gasteiger partial charge is 0.0661 e. The Morgan fingerprint density at radius 2 is 1.95 bits per heavy atom. The lowest BCUT2D eigenvalue weighted by atomic mass is 9.51. The molecule has 1 N–H and O–H groups in total. The molecule has 2 aliphatic rings. The Labute approximate surface area is 131 Å². The van der Waals surface area contributed by atoms with Gasteiger partial charge in [0.05, 0.1) is 6.10 Å². The van der Waals surface area contributed by atoms with Gasteiger partial charge in [0.1, 0.15) is 0 Å². The second kappa shape index (κ2) is 7.94. The van der Waals surface area contributed by atoms with Crippen molar-refractivity contribution in [2.24, 2.45) is 5.41 Å². The predicted octanol–water partition coefficient (Wildman–Crippen LogP) is 3.43. The summed E-state index contributed by atoms with van der Waals surface area (Å²) < 4.78 is 5.94. The Morgan fingerprint density at radius 1 is 1.24 bits per heavy atom. The summed E-state index contributed by atoms with van der Waals surface area (Å²) in [5.41, 5.74) is 0.503. The molecule has 0 aromatic carbocycles. The quantitative estimate of drug-likeness (QED) is 0.668. The highest BCUT2D eigenvalue weighted by Crippen LogP contribution is 2.57. The maximum absolute atomic E-state index is 5.94. The number of nitrogens with one attached hydrogen (secondary N) is 1. The van der Waals surface area contributed by atoms with Crippen LogP contribution in [-0.2, 0) is 4.74 Å². The van der Waals surface area contributed by atoms with Crippen molar-refractivity contribution >= 4 is 0 Å². The van der Waals surface area contributed by atoms with E-state index in [-0.39, 0.29) is 0 Å². The fourth-order valence-electron chi connectivity index (χ4n) is 4.26. The van der Waals surface area contributed by atoms with Crippen LogP contribution in [0, 0.1) is 5.41 Å². The van der Waals surface area contributed by atoms with Crippen molar-refractivity contribution < 1.29 is 4.74 Å². The minimum Gasteiger partial charge on any atom is -0.378 e. The molecule has 0 radical (unpaired) electrons. The zero-order chi connectivity index (χ0) is 15.3. The standard InChI is InChI=1S/C18H36N2O/c1-5-20(6-2)13-8-10-15(4)19-16-14-17(21-7-3)18(16)11-9-12-18/h15-17,19H,5-14H2,1-4H3. The molecule has 0 heterocycles. The summed E-state index contributed by atoms with van der Waals surface area (Å²) in [5, 5.41) is 3.91. The Hall–Kier alpha value is -0.120. The van der Waals surface area contributed by atoms with Crippen LogP contribution in [-0.4, -0.2) is 49.3 Å². The first kappa shape index (κ1) is 17.2. The second-order valence-corrected chi connectivity index (χ2v) is 7.06. The molecular weight excluding hydrogens is 260 g/mol. The van der Waals surface area contributed by atoms with Gasteiger partial charge in [0.15, 0.2) is 0 Å². The number of ether oxygens (including phenoxy) is 1. The van der Waals surface area contributed by atoms with Gasteiger partial charge in [-0.1, -0.05) is 20.3 Å². The average Bonchev–Trinajstić information content (AvgIpc) is 2.40. The van der Waals surface area contributed by atoms with Crippen LogP contribution in [0.2, 0.25) is 0 Å². The van der Waals surface area contributed by atoms with E-state index in [1.54, 1.807) is 0 Å². The molecule has 0 aliphatic heterocycles. The fourth-order valence-corrected chi connectivity index (χ4v) is 4.26. The van der Waals surface area contributed by atoms with E-state index in [1.165, 1.54) is 58.2 Å². The summed E-state index contributed by atoms with van der Waals surface area (Å²) >= 11 is 0. The van der Waals surface area contributed by atoms with Crippen LogP contribution in [0.1, 0.15) is 66.2 Å². The highest BCUT2D eigenvalue weighted by Gasteiger charge is 2.58. The summed E-state index contributed by atoms with van der Waals surface area (Å²) in [6, 6.07) is 1.36. The topological polar surface area (TPSA) is 24.5 Å². The molecule has 124 valence electrons. The molecule has 21 heavy (non-hydrogen) atoms. The number of hydrogen-bond donors (Lipinski definition) is 1. The lowest BCUT2D eigenvalue weighted by molar-refractivity contribution is -0.174. The second-order valence-electron chi connectivity index (χ2n) is 7.06. The number of rotatable bonds is 10. The molecule has 0 saturated heterocycles. The van der Waals surface area contributed by atoms with Crippen molar-refractivity contribution in [1.29, 1.82) is 0 Å². The molecule has 3 atom stereocenters. The summed E-state index contributed by atoms with van der Waals surface area (Å²) in [7, 11) is 0. The van der Waals surface area contributed by atoms with Crippen LogP contribution in [0.5, 0.6) is 0 Å². The van der Waals surface area contributed by atoms with Crippen LogP contribution in [0.4, 0.5) is 0 Å². The van der Waals surface area contributed by atoms with Crippen LogP contribution >= 0.6 is 0 Å². The Bertz CT molecular complexity index is 300. The van der Waals surface area contributed by atoms with E-state index in [0.29, 0.717) is 23.6 Å². The lowest BCUT2D eigenvalue weighted by Crippen LogP contribution is -2.68. The monoisotopic (exact) mass is 296 g/mol. The average molecular weight is 296 g/mol. The van der Waals surface area contributed by atoms with Gasteiger partial charge in [0, 0.05) is 24.1 Å². The van der Waals surface area contributed by atoms with Crippen LogP contribution < -0.4 is 5.32 Å². The SMILES string of the molecule is CCOC1CC(NC(C)CCCN(CC)CC)C12CCC2. The fraction of sp³-hybridized carbons (Fsp3) is 1.00. The van der Waals surface area contributed by atoms with Gasteiger partial charge in [-0.15, -0.1) is 0 Å². The normalized spacial score (nSPS) is 28.4. The van der Waals surface area contributed by atoms with Crippen molar-refractivity contribution in [1.82, 2.24) is 10.2 Å². The minimum absolute atomic E-state index is 0.503. The van der Waals surface area contributed by atoms with Crippen molar-refractivity contribution in [3.8, 4) is 0 Å². The first-order valence-electron chi connectivity index (χ1n) is 9.26. The molecule has 3 heteroatoms. The van der Waals surface area contributed by atoms with Crippen LogP contribution in [0.15, 0.2) is 0 Å². The van der Waals surface area contributed by atoms with E-state index in [9.17, 15) is 0 Å². The first-order chi connectivity index (χ1) is 10.2. The zero-order valence-corrected chi connectivity index (χ0v) is 14.7. The maximum atomic E-state index is 5.94. The van der Waals surface area contributed by atoms with Gasteiger partial charge in [0.2, 0.25) is 0 Å². The summed E-state index contributed by atoms with van der Waals surface area (Å²) in [6.45, 7) is 13.5. The van der Waals surface area contributed by atoms with Crippen LogP contribution in [0.3, 0.4) is 0 Å². The van der Waals surface area contributed by atoms with Gasteiger partial charge in [0.25, 0.3) is 0 Å². The summed E-state index contributed by atoms with van der Waals surface area (Å²) in [4.78, 5) is 2.52. The maximum Gasteiger partial charge on any atom is 0.0661 e. The highest BCUT2D eigenvalue weighted by molar-refractivity contribution is 5.12. The molecule has 0 bridgehead atoms. The third-order valence-electron chi connectivity index (χ3n) is 5.93. The van der Waals surface area contributed by atoms with Crippen molar-refractivity contribution in [2.45, 2.75) is 84.4 Å². The predicted molar refractivity (Wildman–Crippen MR) is 89.7 cm³/mol. The van der Waals surface area contributed by atoms with Crippen molar-refractivity contribution in [2.75, 3.05) is 26.2 Å². The molecule has 2 aliphatic carbocycles. The van der Waals surface area contributed by atoms with E-state index < -0.39 is 0 Å². The Morgan fingerprint density at radius 3 is 2.48 bits per heavy atom. The van der Waals surface area contributed by atoms with Gasteiger partial charge in [-0.05, 0) is 65.6 Å². The molecule has 3 nitrogen and oxygen atoms in total. The van der Waals surface area contributed by atoms with E-state index >= 15 is 0 Å². The van der Waals surface area contributed by atoms with Gasteiger partial charge >= 0.3 is 0 Å². The first-order valence-corrected chi connectivity index (χ1v) is 9.26. The van der Waals surface area contributed by atoms with E-state index in [1.807, 2.05) is 0 Å². The third kappa shape index (κ3) is 3.80. The third-order valence-corrected chi connectivity index (χ3v) is 5.93. The zero-order valence-electron chi connectivity index (χ0n) is 14.7. The molecule has 1 spiro atoms. The van der Waals surface area contributed by atoms with E-state index in [2.05, 4.69) is 37.9 Å². The molecule has 0 amide bonds. The van der Waals surface area contributed by atoms with Crippen molar-refractivity contribution in [3.05, 3.63) is 0 Å². The molecule has 2 fully saturated rings. The van der Waals surface area contributed by atoms with E-state index in [4.69, 9.17) is 4.74 Å². The van der Waals surface area contributed by atoms with Gasteiger partial charge < -0.3 is 15.0 Å². The molecule has 2 saturated carbocycles. The molecular formula is C18H36N2O. The number of nitrogens with zero attached hydrogens (tertiary/aromatic N) is 1. The van der Waals surface area contributed by atoms with Crippen molar-refractivity contribution in [3.63, 3.8) is 0 Å². The lowest BCUT2D eigenvalue weighted by Gasteiger charge is -2.61. The Balaban J connectivity index is 1.68. The number of hydrogen-bond acceptors (Lipinski definition) is 3. The van der Waals surface area contributed by atoms with Crippen LogP contribution in [0.25, 0.3) is 0 Å². The van der Waals surface area contributed by atoms with Gasteiger partial charge in [-0.3, -0.25) is 0 Å². The van der Waals surface area contributed by atoms with E-state index in [0.717, 1.165) is 6.61 Å². The largest absolute Gasteiger partial charge is 0.378 e. The van der Waals surface area contributed by atoms with Gasteiger partial charge in [-0.2, -0.15) is 0 Å². The Kier molecular flexibility index (Phi) is 6.51. The summed E-state index contributed by atoms with van der Waals surface area (Å²) in [5.74, 6) is 0. The minimum atomic E-state index is 0.503. The highest BCUT2D eigenvalue weighted by atomic mass is 16.5. The molecule has 0 aromatic rings.